The van der Waals surface area contributed by atoms with Crippen LogP contribution in [0.5, 0.6) is 0 Å². The molecule has 0 bridgehead atoms. The fourth-order valence-electron chi connectivity index (χ4n) is 4.15. The Morgan fingerprint density at radius 3 is 2.68 bits per heavy atom. The third-order valence-electron chi connectivity index (χ3n) is 5.86. The molecule has 34 heavy (non-hydrogen) atoms. The van der Waals surface area contributed by atoms with E-state index in [0.29, 0.717) is 5.56 Å². The van der Waals surface area contributed by atoms with Crippen molar-refractivity contribution in [3.63, 3.8) is 0 Å². The van der Waals surface area contributed by atoms with Crippen LogP contribution in [0, 0.1) is 12.7 Å². The van der Waals surface area contributed by atoms with Gasteiger partial charge in [-0.25, -0.2) is 4.39 Å². The van der Waals surface area contributed by atoms with Gasteiger partial charge in [-0.2, -0.15) is 5.10 Å². The number of aryl methyl sites for hydroxylation is 1. The predicted molar refractivity (Wildman–Crippen MR) is 130 cm³/mol. The van der Waals surface area contributed by atoms with Crippen molar-refractivity contribution in [2.24, 2.45) is 0 Å². The second-order valence-electron chi connectivity index (χ2n) is 8.02. The fourth-order valence-corrected chi connectivity index (χ4v) is 4.33. The summed E-state index contributed by atoms with van der Waals surface area (Å²) >= 11 is 5.90. The molecule has 0 aliphatic carbocycles. The highest BCUT2D eigenvalue weighted by Crippen LogP contribution is 2.31. The van der Waals surface area contributed by atoms with E-state index in [4.69, 9.17) is 11.6 Å². The monoisotopic (exact) mass is 474 g/mol. The molecule has 0 radical (unpaired) electrons. The second-order valence-corrected chi connectivity index (χ2v) is 8.43. The standard InChI is InChI=1S/C26H20ClFN4O2/c1-15-11-18(7-9-29-15)26-20-12-16(5-6-22(20)30-31-26)17-8-10-32(24(34)13-17)23(14-33)19-3-2-4-21(27)25(19)28/h2-13,23,33H,14H2,1H3,(H,30,31). The third kappa shape index (κ3) is 3.89. The number of hydrogen-bond acceptors (Lipinski definition) is 4. The molecule has 0 aliphatic heterocycles. The molecule has 5 rings (SSSR count). The molecule has 3 aromatic heterocycles. The lowest BCUT2D eigenvalue weighted by Crippen LogP contribution is -2.27. The SMILES string of the molecule is Cc1cc(-c2n[nH]c3ccc(-c4ccn(C(CO)c5cccc(Cl)c5F)c(=O)c4)cc23)ccn1. The van der Waals surface area contributed by atoms with Gasteiger partial charge in [0.1, 0.15) is 11.5 Å². The minimum Gasteiger partial charge on any atom is -0.394 e. The number of rotatable bonds is 5. The van der Waals surface area contributed by atoms with Crippen molar-refractivity contribution in [1.29, 1.82) is 0 Å². The van der Waals surface area contributed by atoms with Gasteiger partial charge in [-0.05, 0) is 54.4 Å². The lowest BCUT2D eigenvalue weighted by atomic mass is 10.0. The van der Waals surface area contributed by atoms with Gasteiger partial charge in [-0.3, -0.25) is 14.9 Å². The first-order valence-electron chi connectivity index (χ1n) is 10.6. The Morgan fingerprint density at radius 1 is 1.09 bits per heavy atom. The number of H-pyrrole nitrogens is 1. The van der Waals surface area contributed by atoms with Crippen LogP contribution in [0.3, 0.4) is 0 Å². The molecule has 0 aliphatic rings. The predicted octanol–water partition coefficient (Wildman–Crippen LogP) is 5.14. The number of nitrogens with one attached hydrogen (secondary N) is 1. The van der Waals surface area contributed by atoms with Crippen LogP contribution in [-0.4, -0.2) is 31.5 Å². The zero-order chi connectivity index (χ0) is 23.8. The molecule has 1 atom stereocenters. The number of hydrogen-bond donors (Lipinski definition) is 2. The zero-order valence-corrected chi connectivity index (χ0v) is 18.9. The minimum atomic E-state index is -0.891. The molecular formula is C26H20ClFN4O2. The fraction of sp³-hybridized carbons (Fsp3) is 0.115. The first-order chi connectivity index (χ1) is 16.5. The van der Waals surface area contributed by atoms with Crippen molar-refractivity contribution in [3.8, 4) is 22.4 Å². The molecular weight excluding hydrogens is 455 g/mol. The lowest BCUT2D eigenvalue weighted by molar-refractivity contribution is 0.244. The maximum Gasteiger partial charge on any atom is 0.251 e. The maximum atomic E-state index is 14.5. The number of nitrogens with zero attached hydrogens (tertiary/aromatic N) is 3. The summed E-state index contributed by atoms with van der Waals surface area (Å²) in [6.07, 6.45) is 3.31. The molecule has 2 aromatic carbocycles. The average Bonchev–Trinajstić information content (AvgIpc) is 3.26. The van der Waals surface area contributed by atoms with E-state index in [1.165, 1.54) is 22.8 Å². The van der Waals surface area contributed by atoms with Crippen LogP contribution in [-0.2, 0) is 0 Å². The van der Waals surface area contributed by atoms with Crippen LogP contribution in [0.2, 0.25) is 5.02 Å². The molecule has 170 valence electrons. The summed E-state index contributed by atoms with van der Waals surface area (Å²) < 4.78 is 15.9. The molecule has 5 aromatic rings. The van der Waals surface area contributed by atoms with Gasteiger partial charge in [-0.1, -0.05) is 29.8 Å². The third-order valence-corrected chi connectivity index (χ3v) is 6.16. The van der Waals surface area contributed by atoms with E-state index >= 15 is 0 Å². The van der Waals surface area contributed by atoms with Crippen molar-refractivity contribution in [2.75, 3.05) is 6.61 Å². The van der Waals surface area contributed by atoms with Crippen LogP contribution >= 0.6 is 11.6 Å². The summed E-state index contributed by atoms with van der Waals surface area (Å²) in [6.45, 7) is 1.47. The lowest BCUT2D eigenvalue weighted by Gasteiger charge is -2.19. The smallest absolute Gasteiger partial charge is 0.251 e. The summed E-state index contributed by atoms with van der Waals surface area (Å²) in [5, 5.41) is 18.3. The number of aliphatic hydroxyl groups excluding tert-OH is 1. The first kappa shape index (κ1) is 22.0. The summed E-state index contributed by atoms with van der Waals surface area (Å²) in [6, 6.07) is 16.5. The summed E-state index contributed by atoms with van der Waals surface area (Å²) in [4.78, 5) is 17.2. The Kier molecular flexibility index (Phi) is 5.73. The Hall–Kier alpha value is -3.81. The Labute approximate surface area is 199 Å². The molecule has 1 unspecified atom stereocenters. The number of aromatic amines is 1. The normalized spacial score (nSPS) is 12.2. The number of halogens is 2. The van der Waals surface area contributed by atoms with Gasteiger partial charge in [0, 0.05) is 40.7 Å². The first-order valence-corrected chi connectivity index (χ1v) is 11.0. The molecule has 3 heterocycles. The van der Waals surface area contributed by atoms with Gasteiger partial charge >= 0.3 is 0 Å². The number of benzene rings is 2. The molecule has 8 heteroatoms. The van der Waals surface area contributed by atoms with Crippen LogP contribution in [0.1, 0.15) is 17.3 Å². The van der Waals surface area contributed by atoms with Gasteiger partial charge in [-0.15, -0.1) is 0 Å². The quantitative estimate of drug-likeness (QED) is 0.369. The Bertz CT molecular complexity index is 1580. The molecule has 0 spiro atoms. The van der Waals surface area contributed by atoms with Crippen LogP contribution in [0.25, 0.3) is 33.3 Å². The van der Waals surface area contributed by atoms with Crippen LogP contribution in [0.4, 0.5) is 4.39 Å². The average molecular weight is 475 g/mol. The number of fused-ring (bicyclic) bond motifs is 1. The minimum absolute atomic E-state index is 0.0609. The van der Waals surface area contributed by atoms with Crippen molar-refractivity contribution in [2.45, 2.75) is 13.0 Å². The van der Waals surface area contributed by atoms with Crippen LogP contribution in [0.15, 0.2) is 77.9 Å². The van der Waals surface area contributed by atoms with E-state index in [1.54, 1.807) is 24.5 Å². The van der Waals surface area contributed by atoms with Gasteiger partial charge < -0.3 is 9.67 Å². The van der Waals surface area contributed by atoms with E-state index in [9.17, 15) is 14.3 Å². The largest absolute Gasteiger partial charge is 0.394 e. The number of aromatic nitrogens is 4. The highest BCUT2D eigenvalue weighted by atomic mass is 35.5. The van der Waals surface area contributed by atoms with Gasteiger partial charge in [0.25, 0.3) is 5.56 Å². The van der Waals surface area contributed by atoms with E-state index in [1.807, 2.05) is 37.3 Å². The van der Waals surface area contributed by atoms with Crippen molar-refractivity contribution >= 4 is 22.5 Å². The van der Waals surface area contributed by atoms with Gasteiger partial charge in [0.05, 0.1) is 23.2 Å². The highest BCUT2D eigenvalue weighted by molar-refractivity contribution is 6.30. The van der Waals surface area contributed by atoms with Crippen molar-refractivity contribution in [1.82, 2.24) is 19.7 Å². The van der Waals surface area contributed by atoms with Crippen molar-refractivity contribution < 1.29 is 9.50 Å². The zero-order valence-electron chi connectivity index (χ0n) is 18.2. The highest BCUT2D eigenvalue weighted by Gasteiger charge is 2.20. The Balaban J connectivity index is 1.56. The molecule has 2 N–H and O–H groups in total. The molecule has 0 saturated carbocycles. The molecule has 0 fully saturated rings. The topological polar surface area (TPSA) is 83.8 Å². The number of aliphatic hydroxyl groups is 1. The summed E-state index contributed by atoms with van der Waals surface area (Å²) in [7, 11) is 0. The van der Waals surface area contributed by atoms with Gasteiger partial charge in [0.2, 0.25) is 0 Å². The second kappa shape index (κ2) is 8.85. The summed E-state index contributed by atoms with van der Waals surface area (Å²) in [5.41, 5.74) is 4.83. The Morgan fingerprint density at radius 2 is 1.91 bits per heavy atom. The van der Waals surface area contributed by atoms with Gasteiger partial charge in [0.15, 0.2) is 0 Å². The van der Waals surface area contributed by atoms with E-state index in [2.05, 4.69) is 15.2 Å². The van der Waals surface area contributed by atoms with Crippen LogP contribution < -0.4 is 5.56 Å². The van der Waals surface area contributed by atoms with Crippen molar-refractivity contribution in [3.05, 3.63) is 106 Å². The van der Waals surface area contributed by atoms with E-state index in [0.717, 1.165) is 33.4 Å². The number of pyridine rings is 2. The van der Waals surface area contributed by atoms with E-state index in [-0.39, 0.29) is 16.1 Å². The molecule has 0 saturated heterocycles. The van der Waals surface area contributed by atoms with E-state index < -0.39 is 18.5 Å². The molecule has 0 amide bonds. The summed E-state index contributed by atoms with van der Waals surface area (Å²) in [5.74, 6) is -0.650. The maximum absolute atomic E-state index is 14.5. The molecule has 6 nitrogen and oxygen atoms in total.